The quantitative estimate of drug-likeness (QED) is 0.866. The van der Waals surface area contributed by atoms with Gasteiger partial charge in [0.05, 0.1) is 31.1 Å². The van der Waals surface area contributed by atoms with Gasteiger partial charge in [-0.25, -0.2) is 4.79 Å². The molecule has 0 bridgehead atoms. The number of aliphatic hydroxyl groups is 1. The molecule has 2 heterocycles. The van der Waals surface area contributed by atoms with E-state index in [-0.39, 0.29) is 12.7 Å². The highest BCUT2D eigenvalue weighted by molar-refractivity contribution is 5.68. The van der Waals surface area contributed by atoms with E-state index in [4.69, 9.17) is 4.74 Å². The van der Waals surface area contributed by atoms with Crippen LogP contribution in [-0.4, -0.2) is 38.0 Å². The molecule has 0 aliphatic carbocycles. The lowest BCUT2D eigenvalue weighted by atomic mass is 10.1. The zero-order valence-corrected chi connectivity index (χ0v) is 14.3. The first kappa shape index (κ1) is 17.4. The predicted molar refractivity (Wildman–Crippen MR) is 86.6 cm³/mol. The molecule has 0 saturated carbocycles. The van der Waals surface area contributed by atoms with Gasteiger partial charge in [0.2, 0.25) is 0 Å². The van der Waals surface area contributed by atoms with Gasteiger partial charge in [-0.05, 0) is 27.7 Å². The Balaban J connectivity index is 2.15. The summed E-state index contributed by atoms with van der Waals surface area (Å²) in [6.07, 6.45) is 1.05. The van der Waals surface area contributed by atoms with Crippen LogP contribution in [0.4, 0.5) is 4.79 Å². The van der Waals surface area contributed by atoms with Gasteiger partial charge >= 0.3 is 6.09 Å². The standard InChI is InChI=1S/C17H25N3O3/c1-5-6-7-9-20-15(12-21)13-11-19(10-8-14(13)18-20)16(22)23-17(2,3)4/h21H,7-12H2,1-4H3. The molecule has 1 N–H and O–H groups in total. The number of carbonyl (C=O) groups excluding carboxylic acids is 1. The van der Waals surface area contributed by atoms with Crippen molar-refractivity contribution in [2.24, 2.45) is 0 Å². The third-order valence-corrected chi connectivity index (χ3v) is 3.64. The minimum atomic E-state index is -0.514. The van der Waals surface area contributed by atoms with Gasteiger partial charge in [-0.2, -0.15) is 5.10 Å². The molecule has 126 valence electrons. The van der Waals surface area contributed by atoms with E-state index in [2.05, 4.69) is 16.9 Å². The summed E-state index contributed by atoms with van der Waals surface area (Å²) in [7, 11) is 0. The van der Waals surface area contributed by atoms with E-state index in [1.54, 1.807) is 11.8 Å². The fourth-order valence-corrected chi connectivity index (χ4v) is 2.61. The molecule has 6 nitrogen and oxygen atoms in total. The number of ether oxygens (including phenoxy) is 1. The Kier molecular flexibility index (Phi) is 5.32. The number of aryl methyl sites for hydroxylation is 1. The maximum absolute atomic E-state index is 12.2. The third kappa shape index (κ3) is 4.26. The molecule has 0 fully saturated rings. The zero-order valence-electron chi connectivity index (χ0n) is 14.3. The number of nitrogens with zero attached hydrogens (tertiary/aromatic N) is 3. The van der Waals surface area contributed by atoms with Gasteiger partial charge in [0.25, 0.3) is 0 Å². The summed E-state index contributed by atoms with van der Waals surface area (Å²) in [5.74, 6) is 5.86. The number of aliphatic hydroxyl groups excluding tert-OH is 1. The van der Waals surface area contributed by atoms with E-state index < -0.39 is 5.60 Å². The van der Waals surface area contributed by atoms with Gasteiger partial charge in [-0.3, -0.25) is 4.68 Å². The fourth-order valence-electron chi connectivity index (χ4n) is 2.61. The molecule has 0 aromatic carbocycles. The normalized spacial score (nSPS) is 14.0. The Morgan fingerprint density at radius 1 is 1.43 bits per heavy atom. The van der Waals surface area contributed by atoms with Crippen LogP contribution in [-0.2, 0) is 30.9 Å². The molecular formula is C17H25N3O3. The van der Waals surface area contributed by atoms with Crippen LogP contribution in [0.15, 0.2) is 0 Å². The summed E-state index contributed by atoms with van der Waals surface area (Å²) in [5.41, 5.74) is 2.15. The number of amides is 1. The second kappa shape index (κ2) is 7.05. The first-order valence-corrected chi connectivity index (χ1v) is 7.91. The Bertz CT molecular complexity index is 632. The Labute approximate surface area is 137 Å². The van der Waals surface area contributed by atoms with Crippen molar-refractivity contribution in [2.45, 2.75) is 65.8 Å². The Morgan fingerprint density at radius 3 is 2.78 bits per heavy atom. The SMILES string of the molecule is CC#CCCn1nc2c(c1CO)CN(C(=O)OC(C)(C)C)CC2. The van der Waals surface area contributed by atoms with Crippen LogP contribution in [0.3, 0.4) is 0 Å². The van der Waals surface area contributed by atoms with Gasteiger partial charge in [0, 0.05) is 24.9 Å². The second-order valence-electron chi connectivity index (χ2n) is 6.58. The van der Waals surface area contributed by atoms with Crippen LogP contribution in [0.1, 0.15) is 51.1 Å². The number of aromatic nitrogens is 2. The summed E-state index contributed by atoms with van der Waals surface area (Å²) in [5, 5.41) is 14.3. The minimum Gasteiger partial charge on any atom is -0.444 e. The zero-order chi connectivity index (χ0) is 17.0. The fraction of sp³-hybridized carbons (Fsp3) is 0.647. The smallest absolute Gasteiger partial charge is 0.410 e. The average molecular weight is 319 g/mol. The van der Waals surface area contributed by atoms with E-state index >= 15 is 0 Å². The van der Waals surface area contributed by atoms with Crippen LogP contribution in [0.25, 0.3) is 0 Å². The summed E-state index contributed by atoms with van der Waals surface area (Å²) >= 11 is 0. The van der Waals surface area contributed by atoms with Crippen molar-refractivity contribution in [1.82, 2.24) is 14.7 Å². The lowest BCUT2D eigenvalue weighted by Gasteiger charge is -2.29. The van der Waals surface area contributed by atoms with Crippen molar-refractivity contribution in [3.8, 4) is 11.8 Å². The van der Waals surface area contributed by atoms with E-state index in [1.807, 2.05) is 25.5 Å². The highest BCUT2D eigenvalue weighted by Gasteiger charge is 2.29. The molecule has 1 aliphatic heterocycles. The van der Waals surface area contributed by atoms with Crippen molar-refractivity contribution in [2.75, 3.05) is 6.54 Å². The molecule has 0 unspecified atom stereocenters. The van der Waals surface area contributed by atoms with E-state index in [0.717, 1.165) is 17.0 Å². The molecular weight excluding hydrogens is 294 g/mol. The molecule has 0 saturated heterocycles. The summed E-state index contributed by atoms with van der Waals surface area (Å²) in [4.78, 5) is 13.9. The van der Waals surface area contributed by atoms with Crippen molar-refractivity contribution >= 4 is 6.09 Å². The average Bonchev–Trinajstić information content (AvgIpc) is 2.82. The monoisotopic (exact) mass is 319 g/mol. The molecule has 1 aromatic rings. The first-order valence-electron chi connectivity index (χ1n) is 7.91. The van der Waals surface area contributed by atoms with E-state index in [9.17, 15) is 9.90 Å². The van der Waals surface area contributed by atoms with E-state index in [1.165, 1.54) is 0 Å². The predicted octanol–water partition coefficient (Wildman–Crippen LogP) is 2.08. The van der Waals surface area contributed by atoms with Crippen LogP contribution in [0, 0.1) is 11.8 Å². The second-order valence-corrected chi connectivity index (χ2v) is 6.58. The van der Waals surface area contributed by atoms with Crippen LogP contribution < -0.4 is 0 Å². The lowest BCUT2D eigenvalue weighted by molar-refractivity contribution is 0.0222. The van der Waals surface area contributed by atoms with Gasteiger partial charge in [-0.15, -0.1) is 11.8 Å². The first-order chi connectivity index (χ1) is 10.9. The molecule has 1 amide bonds. The third-order valence-electron chi connectivity index (χ3n) is 3.64. The van der Waals surface area contributed by atoms with Crippen molar-refractivity contribution in [3.05, 3.63) is 17.0 Å². The maximum Gasteiger partial charge on any atom is 0.410 e. The largest absolute Gasteiger partial charge is 0.444 e. The molecule has 2 rings (SSSR count). The molecule has 1 aromatic heterocycles. The molecule has 0 spiro atoms. The highest BCUT2D eigenvalue weighted by Crippen LogP contribution is 2.24. The highest BCUT2D eigenvalue weighted by atomic mass is 16.6. The molecule has 23 heavy (non-hydrogen) atoms. The number of rotatable bonds is 3. The van der Waals surface area contributed by atoms with Gasteiger partial charge in [0.1, 0.15) is 5.60 Å². The Hall–Kier alpha value is -2.00. The topological polar surface area (TPSA) is 67.6 Å². The summed E-state index contributed by atoms with van der Waals surface area (Å²) < 4.78 is 7.24. The molecule has 6 heteroatoms. The van der Waals surface area contributed by atoms with Crippen LogP contribution >= 0.6 is 0 Å². The Morgan fingerprint density at radius 2 is 2.17 bits per heavy atom. The van der Waals surface area contributed by atoms with Gasteiger partial charge in [0.15, 0.2) is 0 Å². The van der Waals surface area contributed by atoms with E-state index in [0.29, 0.717) is 32.5 Å². The number of fused-ring (bicyclic) bond motifs is 1. The van der Waals surface area contributed by atoms with Gasteiger partial charge in [-0.1, -0.05) is 0 Å². The van der Waals surface area contributed by atoms with Crippen LogP contribution in [0.2, 0.25) is 0 Å². The van der Waals surface area contributed by atoms with Crippen molar-refractivity contribution in [1.29, 1.82) is 0 Å². The lowest BCUT2D eigenvalue weighted by Crippen LogP contribution is -2.40. The number of hydrogen-bond acceptors (Lipinski definition) is 4. The molecule has 1 aliphatic rings. The van der Waals surface area contributed by atoms with Crippen LogP contribution in [0.5, 0.6) is 0 Å². The summed E-state index contributed by atoms with van der Waals surface area (Å²) in [6, 6.07) is 0. The minimum absolute atomic E-state index is 0.0932. The number of carbonyl (C=O) groups is 1. The van der Waals surface area contributed by atoms with Gasteiger partial charge < -0.3 is 14.7 Å². The summed E-state index contributed by atoms with van der Waals surface area (Å²) in [6.45, 7) is 8.93. The number of hydrogen-bond donors (Lipinski definition) is 1. The molecule has 0 radical (unpaired) electrons. The maximum atomic E-state index is 12.2. The van der Waals surface area contributed by atoms with Crippen molar-refractivity contribution < 1.29 is 14.6 Å². The molecule has 0 atom stereocenters. The van der Waals surface area contributed by atoms with Crippen molar-refractivity contribution in [3.63, 3.8) is 0 Å².